The Morgan fingerprint density at radius 2 is 2.00 bits per heavy atom. The van der Waals surface area contributed by atoms with Crippen molar-refractivity contribution in [3.05, 3.63) is 45.9 Å². The highest BCUT2D eigenvalue weighted by molar-refractivity contribution is 5.93. The van der Waals surface area contributed by atoms with Crippen LogP contribution in [0.3, 0.4) is 0 Å². The van der Waals surface area contributed by atoms with E-state index in [9.17, 15) is 9.59 Å². The molecule has 25 heavy (non-hydrogen) atoms. The second-order valence-corrected chi connectivity index (χ2v) is 6.28. The number of hydrogen-bond acceptors (Lipinski definition) is 5. The van der Waals surface area contributed by atoms with E-state index in [4.69, 9.17) is 9.47 Å². The Bertz CT molecular complexity index is 890. The number of carbonyl (C=O) groups is 1. The first kappa shape index (κ1) is 15.7. The number of amides is 1. The Morgan fingerprint density at radius 1 is 1.20 bits per heavy atom. The molecule has 0 spiro atoms. The molecule has 1 aliphatic carbocycles. The maximum atomic E-state index is 12.6. The molecule has 0 radical (unpaired) electrons. The summed E-state index contributed by atoms with van der Waals surface area (Å²) in [6, 6.07) is 6.12. The molecule has 1 aliphatic heterocycles. The van der Waals surface area contributed by atoms with Gasteiger partial charge in [0.15, 0.2) is 11.5 Å². The molecule has 4 rings (SSSR count). The van der Waals surface area contributed by atoms with Crippen molar-refractivity contribution < 1.29 is 14.3 Å². The Labute approximate surface area is 144 Å². The van der Waals surface area contributed by atoms with Crippen molar-refractivity contribution in [1.29, 1.82) is 0 Å². The number of nitrogens with one attached hydrogen (secondary N) is 1. The number of ether oxygens (including phenoxy) is 2. The number of nitrogens with zero attached hydrogens (tertiary/aromatic N) is 2. The summed E-state index contributed by atoms with van der Waals surface area (Å²) in [6.45, 7) is 2.67. The van der Waals surface area contributed by atoms with Crippen LogP contribution in [0.25, 0.3) is 0 Å². The van der Waals surface area contributed by atoms with Gasteiger partial charge >= 0.3 is 0 Å². The predicted molar refractivity (Wildman–Crippen MR) is 91.3 cm³/mol. The van der Waals surface area contributed by atoms with Gasteiger partial charge in [-0.3, -0.25) is 9.59 Å². The molecule has 1 aromatic carbocycles. The fraction of sp³-hybridized carbons (Fsp3) is 0.389. The van der Waals surface area contributed by atoms with Crippen LogP contribution in [0, 0.1) is 0 Å². The first-order valence-corrected chi connectivity index (χ1v) is 8.44. The molecule has 1 amide bonds. The summed E-state index contributed by atoms with van der Waals surface area (Å²) in [7, 11) is 0. The Kier molecular flexibility index (Phi) is 3.91. The summed E-state index contributed by atoms with van der Waals surface area (Å²) < 4.78 is 12.2. The van der Waals surface area contributed by atoms with Crippen LogP contribution < -0.4 is 20.3 Å². The molecule has 2 heterocycles. The summed E-state index contributed by atoms with van der Waals surface area (Å²) >= 11 is 0. The molecule has 2 aliphatic rings. The van der Waals surface area contributed by atoms with E-state index in [-0.39, 0.29) is 11.5 Å². The summed E-state index contributed by atoms with van der Waals surface area (Å²) in [5.41, 5.74) is 2.26. The lowest BCUT2D eigenvalue weighted by molar-refractivity contribution is -0.119. The van der Waals surface area contributed by atoms with Crippen LogP contribution in [-0.4, -0.2) is 28.9 Å². The van der Waals surface area contributed by atoms with E-state index in [1.807, 2.05) is 0 Å². The van der Waals surface area contributed by atoms with Crippen LogP contribution >= 0.6 is 0 Å². The SMILES string of the molecule is CC(C(=O)Nc1ccc2c(c1)OCCO2)n1nc2c(cc1=O)CCC2. The number of fused-ring (bicyclic) bond motifs is 2. The Morgan fingerprint density at radius 3 is 2.84 bits per heavy atom. The van der Waals surface area contributed by atoms with Crippen molar-refractivity contribution in [2.75, 3.05) is 18.5 Å². The number of aromatic nitrogens is 2. The summed E-state index contributed by atoms with van der Waals surface area (Å²) in [4.78, 5) is 24.8. The summed E-state index contributed by atoms with van der Waals surface area (Å²) in [6.07, 6.45) is 2.74. The van der Waals surface area contributed by atoms with Crippen LogP contribution in [0.1, 0.15) is 30.6 Å². The average molecular weight is 341 g/mol. The molecule has 1 atom stereocenters. The minimum atomic E-state index is -0.702. The van der Waals surface area contributed by atoms with Gasteiger partial charge in [0.1, 0.15) is 19.3 Å². The third-order valence-corrected chi connectivity index (χ3v) is 4.54. The molecule has 1 N–H and O–H groups in total. The predicted octanol–water partition coefficient (Wildman–Crippen LogP) is 1.70. The highest BCUT2D eigenvalue weighted by Crippen LogP contribution is 2.32. The van der Waals surface area contributed by atoms with E-state index in [1.54, 1.807) is 31.2 Å². The maximum absolute atomic E-state index is 12.6. The smallest absolute Gasteiger partial charge is 0.267 e. The molecule has 0 bridgehead atoms. The van der Waals surface area contributed by atoms with Gasteiger partial charge in [0.05, 0.1) is 5.69 Å². The van der Waals surface area contributed by atoms with Crippen molar-refractivity contribution in [3.8, 4) is 11.5 Å². The molecule has 7 nitrogen and oxygen atoms in total. The van der Waals surface area contributed by atoms with E-state index in [0.29, 0.717) is 30.4 Å². The first-order chi connectivity index (χ1) is 12.1. The van der Waals surface area contributed by atoms with Gasteiger partial charge in [-0.2, -0.15) is 5.10 Å². The zero-order chi connectivity index (χ0) is 17.4. The quantitative estimate of drug-likeness (QED) is 0.919. The van der Waals surface area contributed by atoms with E-state index < -0.39 is 6.04 Å². The molecule has 1 unspecified atom stereocenters. The first-order valence-electron chi connectivity index (χ1n) is 8.44. The van der Waals surface area contributed by atoms with Crippen molar-refractivity contribution >= 4 is 11.6 Å². The van der Waals surface area contributed by atoms with Crippen LogP contribution in [0.2, 0.25) is 0 Å². The zero-order valence-corrected chi connectivity index (χ0v) is 13.9. The van der Waals surface area contributed by atoms with Gasteiger partial charge in [-0.15, -0.1) is 0 Å². The zero-order valence-electron chi connectivity index (χ0n) is 13.9. The van der Waals surface area contributed by atoms with Gasteiger partial charge in [0.2, 0.25) is 5.91 Å². The molecule has 130 valence electrons. The molecule has 0 saturated heterocycles. The fourth-order valence-corrected chi connectivity index (χ4v) is 3.17. The lowest BCUT2D eigenvalue weighted by Crippen LogP contribution is -2.34. The van der Waals surface area contributed by atoms with Gasteiger partial charge in [0, 0.05) is 17.8 Å². The van der Waals surface area contributed by atoms with Gasteiger partial charge in [-0.25, -0.2) is 4.68 Å². The molecular formula is C18H19N3O4. The van der Waals surface area contributed by atoms with E-state index in [1.165, 1.54) is 4.68 Å². The second-order valence-electron chi connectivity index (χ2n) is 6.28. The van der Waals surface area contributed by atoms with Crippen LogP contribution in [0.5, 0.6) is 11.5 Å². The lowest BCUT2D eigenvalue weighted by Gasteiger charge is -2.20. The van der Waals surface area contributed by atoms with Crippen molar-refractivity contribution in [3.63, 3.8) is 0 Å². The van der Waals surface area contributed by atoms with E-state index in [0.717, 1.165) is 30.5 Å². The monoisotopic (exact) mass is 341 g/mol. The number of anilines is 1. The van der Waals surface area contributed by atoms with Crippen molar-refractivity contribution in [1.82, 2.24) is 9.78 Å². The third kappa shape index (κ3) is 2.97. The van der Waals surface area contributed by atoms with Gasteiger partial charge in [0.25, 0.3) is 5.56 Å². The number of rotatable bonds is 3. The largest absolute Gasteiger partial charge is 0.486 e. The maximum Gasteiger partial charge on any atom is 0.267 e. The average Bonchev–Trinajstić information content (AvgIpc) is 3.07. The molecule has 7 heteroatoms. The standard InChI is InChI=1S/C18H19N3O4/c1-11(21-17(22)9-12-3-2-4-14(12)20-21)18(23)19-13-5-6-15-16(10-13)25-8-7-24-15/h5-6,9-11H,2-4,7-8H2,1H3,(H,19,23). The number of benzene rings is 1. The van der Waals surface area contributed by atoms with E-state index in [2.05, 4.69) is 10.4 Å². The lowest BCUT2D eigenvalue weighted by atomic mass is 10.2. The highest BCUT2D eigenvalue weighted by Gasteiger charge is 2.22. The van der Waals surface area contributed by atoms with Crippen molar-refractivity contribution in [2.24, 2.45) is 0 Å². The van der Waals surface area contributed by atoms with Gasteiger partial charge in [-0.1, -0.05) is 0 Å². The number of aryl methyl sites for hydroxylation is 2. The number of carbonyl (C=O) groups excluding carboxylic acids is 1. The molecule has 0 fully saturated rings. The summed E-state index contributed by atoms with van der Waals surface area (Å²) in [5, 5.41) is 7.20. The normalized spacial score (nSPS) is 16.2. The number of hydrogen-bond donors (Lipinski definition) is 1. The van der Waals surface area contributed by atoms with E-state index >= 15 is 0 Å². The fourth-order valence-electron chi connectivity index (χ4n) is 3.17. The van der Waals surface area contributed by atoms with Gasteiger partial charge in [-0.05, 0) is 43.9 Å². The molecule has 1 aromatic heterocycles. The van der Waals surface area contributed by atoms with Gasteiger partial charge < -0.3 is 14.8 Å². The highest BCUT2D eigenvalue weighted by atomic mass is 16.6. The minimum absolute atomic E-state index is 0.245. The molecule has 0 saturated carbocycles. The Hall–Kier alpha value is -2.83. The van der Waals surface area contributed by atoms with Crippen LogP contribution in [0.15, 0.2) is 29.1 Å². The summed E-state index contributed by atoms with van der Waals surface area (Å²) in [5.74, 6) is 0.961. The third-order valence-electron chi connectivity index (χ3n) is 4.54. The van der Waals surface area contributed by atoms with Crippen molar-refractivity contribution in [2.45, 2.75) is 32.2 Å². The second kappa shape index (κ2) is 6.23. The van der Waals surface area contributed by atoms with Crippen LogP contribution in [-0.2, 0) is 17.6 Å². The Balaban J connectivity index is 1.54. The minimum Gasteiger partial charge on any atom is -0.486 e. The van der Waals surface area contributed by atoms with Crippen LogP contribution in [0.4, 0.5) is 5.69 Å². The molecular weight excluding hydrogens is 322 g/mol. The topological polar surface area (TPSA) is 82.4 Å². The molecule has 2 aromatic rings.